The average Bonchev–Trinajstić information content (AvgIpc) is 3.64. The molecule has 4 N–H and O–H groups in total. The average molecular weight is 716 g/mol. The second-order valence-electron chi connectivity index (χ2n) is 15.8. The summed E-state index contributed by atoms with van der Waals surface area (Å²) in [6.07, 6.45) is -0.373. The molecule has 50 heavy (non-hydrogen) atoms. The van der Waals surface area contributed by atoms with Gasteiger partial charge in [0.25, 0.3) is 0 Å². The van der Waals surface area contributed by atoms with Gasteiger partial charge in [-0.25, -0.2) is 4.98 Å². The number of aliphatic hydroxyl groups is 1. The summed E-state index contributed by atoms with van der Waals surface area (Å²) in [6.45, 7) is 17.6. The van der Waals surface area contributed by atoms with Crippen molar-refractivity contribution in [1.29, 1.82) is 0 Å². The maximum Gasteiger partial charge on any atom is 0.306 e. The van der Waals surface area contributed by atoms with Gasteiger partial charge in [-0.05, 0) is 64.5 Å². The van der Waals surface area contributed by atoms with Crippen LogP contribution in [0.5, 0.6) is 0 Å². The number of aryl methyl sites for hydroxylation is 1. The van der Waals surface area contributed by atoms with Crippen molar-refractivity contribution in [2.24, 2.45) is 11.1 Å². The van der Waals surface area contributed by atoms with Gasteiger partial charge in [0.1, 0.15) is 12.6 Å². The zero-order chi connectivity index (χ0) is 37.6. The third kappa shape index (κ3) is 11.3. The van der Waals surface area contributed by atoms with Crippen molar-refractivity contribution in [2.75, 3.05) is 26.8 Å². The van der Waals surface area contributed by atoms with E-state index < -0.39 is 53.0 Å². The molecular weight excluding hydrogens is 659 g/mol. The normalized spacial score (nSPS) is 18.0. The van der Waals surface area contributed by atoms with Crippen LogP contribution in [0.25, 0.3) is 10.4 Å². The Morgan fingerprint density at radius 3 is 2.28 bits per heavy atom. The summed E-state index contributed by atoms with van der Waals surface area (Å²) in [4.78, 5) is 61.4. The lowest BCUT2D eigenvalue weighted by Gasteiger charge is -2.36. The minimum atomic E-state index is -0.950. The number of esters is 1. The topological polar surface area (TPSA) is 164 Å². The summed E-state index contributed by atoms with van der Waals surface area (Å²) in [5, 5.41) is 13.4. The molecule has 0 saturated carbocycles. The first-order valence-corrected chi connectivity index (χ1v) is 18.1. The fraction of sp³-hybridized carbons (Fsp3) is 0.649. The van der Waals surface area contributed by atoms with Gasteiger partial charge < -0.3 is 35.4 Å². The van der Waals surface area contributed by atoms with Gasteiger partial charge in [-0.3, -0.25) is 19.2 Å². The van der Waals surface area contributed by atoms with Crippen LogP contribution in [0.4, 0.5) is 0 Å². The highest BCUT2D eigenvalue weighted by molar-refractivity contribution is 7.13. The van der Waals surface area contributed by atoms with E-state index in [-0.39, 0.29) is 43.9 Å². The first-order valence-electron chi connectivity index (χ1n) is 17.2. The first kappa shape index (κ1) is 41.0. The minimum Gasteiger partial charge on any atom is -0.463 e. The van der Waals surface area contributed by atoms with E-state index in [0.29, 0.717) is 18.6 Å². The predicted octanol–water partition coefficient (Wildman–Crippen LogP) is 4.38. The van der Waals surface area contributed by atoms with Gasteiger partial charge in [0.2, 0.25) is 17.7 Å². The van der Waals surface area contributed by atoms with Crippen LogP contribution in [0.3, 0.4) is 0 Å². The van der Waals surface area contributed by atoms with Gasteiger partial charge in [-0.15, -0.1) is 11.3 Å². The van der Waals surface area contributed by atoms with Crippen molar-refractivity contribution in [3.63, 3.8) is 0 Å². The van der Waals surface area contributed by atoms with Crippen LogP contribution in [-0.4, -0.2) is 99.7 Å². The Labute approximate surface area is 301 Å². The molecule has 13 heteroatoms. The number of thiazole rings is 1. The summed E-state index contributed by atoms with van der Waals surface area (Å²) >= 11 is 1.52. The molecule has 1 aliphatic heterocycles. The molecule has 1 fully saturated rings. The summed E-state index contributed by atoms with van der Waals surface area (Å²) in [6, 6.07) is 4.93. The molecule has 3 rings (SSSR count). The van der Waals surface area contributed by atoms with Crippen molar-refractivity contribution in [2.45, 2.75) is 123 Å². The van der Waals surface area contributed by atoms with Crippen LogP contribution in [-0.2, 0) is 28.7 Å². The smallest absolute Gasteiger partial charge is 0.306 e. The van der Waals surface area contributed by atoms with Gasteiger partial charge in [0.15, 0.2) is 0 Å². The molecule has 0 radical (unpaired) electrons. The number of rotatable bonds is 14. The van der Waals surface area contributed by atoms with Crippen molar-refractivity contribution in [3.8, 4) is 10.4 Å². The van der Waals surface area contributed by atoms with Gasteiger partial charge in [0.05, 0.1) is 46.3 Å². The van der Waals surface area contributed by atoms with Gasteiger partial charge in [-0.1, -0.05) is 45.0 Å². The summed E-state index contributed by atoms with van der Waals surface area (Å²) in [5.74, 6) is -1.68. The van der Waals surface area contributed by atoms with E-state index in [0.717, 1.165) is 16.1 Å². The molecule has 1 saturated heterocycles. The number of carbonyl (C=O) groups excluding carboxylic acids is 4. The van der Waals surface area contributed by atoms with E-state index in [2.05, 4.69) is 10.3 Å². The molecule has 0 spiro atoms. The molecule has 0 aliphatic carbocycles. The van der Waals surface area contributed by atoms with Crippen LogP contribution in [0.1, 0.15) is 98.4 Å². The van der Waals surface area contributed by atoms with E-state index in [1.165, 1.54) is 16.2 Å². The van der Waals surface area contributed by atoms with E-state index in [1.807, 2.05) is 86.6 Å². The number of aromatic nitrogens is 1. The Morgan fingerprint density at radius 1 is 1.08 bits per heavy atom. The quantitative estimate of drug-likeness (QED) is 0.241. The molecule has 1 aromatic heterocycles. The van der Waals surface area contributed by atoms with E-state index in [1.54, 1.807) is 17.5 Å². The van der Waals surface area contributed by atoms with E-state index >= 15 is 0 Å². The Bertz CT molecular complexity index is 1480. The minimum absolute atomic E-state index is 0.00779. The molecule has 1 aliphatic rings. The fourth-order valence-corrected chi connectivity index (χ4v) is 6.34. The highest BCUT2D eigenvalue weighted by atomic mass is 32.1. The Balaban J connectivity index is 1.72. The van der Waals surface area contributed by atoms with Crippen LogP contribution in [0.15, 0.2) is 29.8 Å². The van der Waals surface area contributed by atoms with E-state index in [9.17, 15) is 24.3 Å². The standard InChI is InChI=1S/C37H57N5O7S/c1-23-31(50-22-39-23)25-13-11-24(12-14-25)27(40-33(46)28-19-26(43)20-42(28)34(47)32(38)35(2,3)4)21-48-30(45)16-15-29(44)41(10)37(8,9)17-18-49-36(5,6)7/h11-14,22,26-28,32,43H,15-21,38H2,1-10H3,(H,40,46)/t26-,27+,28+,32-/m1/s1. The zero-order valence-corrected chi connectivity index (χ0v) is 32.2. The summed E-state index contributed by atoms with van der Waals surface area (Å²) in [7, 11) is 1.72. The Morgan fingerprint density at radius 2 is 1.72 bits per heavy atom. The van der Waals surface area contributed by atoms with Gasteiger partial charge in [-0.2, -0.15) is 0 Å². The lowest BCUT2D eigenvalue weighted by Crippen LogP contribution is -2.55. The number of aliphatic hydroxyl groups excluding tert-OH is 1. The third-order valence-electron chi connectivity index (χ3n) is 9.19. The summed E-state index contributed by atoms with van der Waals surface area (Å²) < 4.78 is 11.5. The maximum atomic E-state index is 13.8. The molecule has 2 aromatic rings. The van der Waals surface area contributed by atoms with Crippen LogP contribution >= 0.6 is 11.3 Å². The number of hydrogen-bond donors (Lipinski definition) is 3. The van der Waals surface area contributed by atoms with Crippen molar-refractivity contribution in [1.82, 2.24) is 20.1 Å². The molecule has 0 unspecified atom stereocenters. The van der Waals surface area contributed by atoms with Crippen LogP contribution in [0, 0.1) is 12.3 Å². The highest BCUT2D eigenvalue weighted by Crippen LogP contribution is 2.30. The van der Waals surface area contributed by atoms with E-state index in [4.69, 9.17) is 15.2 Å². The molecule has 3 amide bonds. The molecule has 2 heterocycles. The molecule has 4 atom stereocenters. The van der Waals surface area contributed by atoms with Crippen molar-refractivity contribution in [3.05, 3.63) is 41.0 Å². The molecule has 1 aromatic carbocycles. The number of benzene rings is 1. The second kappa shape index (κ2) is 16.8. The second-order valence-corrected chi connectivity index (χ2v) is 16.7. The highest BCUT2D eigenvalue weighted by Gasteiger charge is 2.43. The Kier molecular flexibility index (Phi) is 13.7. The lowest BCUT2D eigenvalue weighted by atomic mass is 9.86. The third-order valence-corrected chi connectivity index (χ3v) is 10.2. The lowest BCUT2D eigenvalue weighted by molar-refractivity contribution is -0.148. The maximum absolute atomic E-state index is 13.8. The molecular formula is C37H57N5O7S. The molecule has 12 nitrogen and oxygen atoms in total. The molecule has 278 valence electrons. The number of nitrogens with zero attached hydrogens (tertiary/aromatic N) is 3. The monoisotopic (exact) mass is 715 g/mol. The Hall–Kier alpha value is -3.39. The number of nitrogens with one attached hydrogen (secondary N) is 1. The number of nitrogens with two attached hydrogens (primary N) is 1. The zero-order valence-electron chi connectivity index (χ0n) is 31.4. The number of amides is 3. The van der Waals surface area contributed by atoms with Crippen LogP contribution in [0.2, 0.25) is 0 Å². The fourth-order valence-electron chi connectivity index (χ4n) is 5.53. The van der Waals surface area contributed by atoms with Gasteiger partial charge >= 0.3 is 5.97 Å². The summed E-state index contributed by atoms with van der Waals surface area (Å²) in [5.41, 5.74) is 9.26. The largest absolute Gasteiger partial charge is 0.463 e. The molecule has 0 bridgehead atoms. The first-order chi connectivity index (χ1) is 23.1. The van der Waals surface area contributed by atoms with Crippen molar-refractivity contribution < 1.29 is 33.8 Å². The number of ether oxygens (including phenoxy) is 2. The van der Waals surface area contributed by atoms with Crippen LogP contribution < -0.4 is 11.1 Å². The van der Waals surface area contributed by atoms with Gasteiger partial charge in [0, 0.05) is 38.6 Å². The number of likely N-dealkylation sites (tertiary alicyclic amines) is 1. The SMILES string of the molecule is Cc1ncsc1-c1ccc([C@H](COC(=O)CCC(=O)N(C)C(C)(C)CCOC(C)(C)C)NC(=O)[C@@H]2C[C@@H](O)CN2C(=O)[C@@H](N)C(C)(C)C)cc1. The number of carbonyl (C=O) groups is 4. The van der Waals surface area contributed by atoms with Crippen molar-refractivity contribution >= 4 is 35.0 Å². The number of β-amino-alcohol motifs (C(OH)–C–C–N with tert-alkyl or cyclic N) is 1. The predicted molar refractivity (Wildman–Crippen MR) is 194 cm³/mol. The number of hydrogen-bond acceptors (Lipinski definition) is 10.